The molecular weight excluding hydrogens is 433 g/mol. The van der Waals surface area contributed by atoms with Gasteiger partial charge in [0.25, 0.3) is 0 Å². The SMILES string of the molecule is Cc1c(Cl)cccc1N=Cc1ccc(OCc2ccc(Cl)cc2)c(Br)c1. The van der Waals surface area contributed by atoms with Crippen molar-refractivity contribution >= 4 is 51.0 Å². The van der Waals surface area contributed by atoms with E-state index in [0.29, 0.717) is 16.7 Å². The molecule has 2 nitrogen and oxygen atoms in total. The van der Waals surface area contributed by atoms with E-state index in [1.165, 1.54) is 0 Å². The third-order valence-electron chi connectivity index (χ3n) is 3.86. The van der Waals surface area contributed by atoms with Crippen LogP contribution in [0.4, 0.5) is 5.69 Å². The van der Waals surface area contributed by atoms with Crippen LogP contribution in [0.2, 0.25) is 10.0 Å². The zero-order valence-corrected chi connectivity index (χ0v) is 17.1. The van der Waals surface area contributed by atoms with Gasteiger partial charge in [-0.2, -0.15) is 0 Å². The first-order valence-corrected chi connectivity index (χ1v) is 9.54. The van der Waals surface area contributed by atoms with Gasteiger partial charge in [0.2, 0.25) is 0 Å². The standard InChI is InChI=1S/C21H16BrCl2NO/c1-14-19(24)3-2-4-20(14)25-12-16-7-10-21(18(22)11-16)26-13-15-5-8-17(23)9-6-15/h2-12H,13H2,1H3. The number of hydrogen-bond acceptors (Lipinski definition) is 2. The molecule has 0 saturated carbocycles. The van der Waals surface area contributed by atoms with Gasteiger partial charge >= 0.3 is 0 Å². The zero-order valence-electron chi connectivity index (χ0n) is 14.0. The topological polar surface area (TPSA) is 21.6 Å². The second kappa shape index (κ2) is 8.72. The van der Waals surface area contributed by atoms with Crippen LogP contribution in [0.15, 0.2) is 70.1 Å². The number of ether oxygens (including phenoxy) is 1. The van der Waals surface area contributed by atoms with Crippen LogP contribution < -0.4 is 4.74 Å². The molecule has 132 valence electrons. The third-order valence-corrected chi connectivity index (χ3v) is 5.14. The first kappa shape index (κ1) is 19.0. The summed E-state index contributed by atoms with van der Waals surface area (Å²) >= 11 is 15.6. The van der Waals surface area contributed by atoms with Gasteiger partial charge in [0.15, 0.2) is 0 Å². The van der Waals surface area contributed by atoms with Crippen LogP contribution in [0.3, 0.4) is 0 Å². The predicted molar refractivity (Wildman–Crippen MR) is 113 cm³/mol. The van der Waals surface area contributed by atoms with Crippen molar-refractivity contribution in [1.82, 2.24) is 0 Å². The minimum Gasteiger partial charge on any atom is -0.488 e. The maximum atomic E-state index is 6.13. The molecule has 0 aliphatic carbocycles. The lowest BCUT2D eigenvalue weighted by atomic mass is 10.2. The van der Waals surface area contributed by atoms with Gasteiger partial charge in [-0.3, -0.25) is 4.99 Å². The van der Waals surface area contributed by atoms with Crippen LogP contribution >= 0.6 is 39.1 Å². The minimum absolute atomic E-state index is 0.477. The van der Waals surface area contributed by atoms with Crippen molar-refractivity contribution in [3.05, 3.63) is 91.9 Å². The number of rotatable bonds is 5. The second-order valence-corrected chi connectivity index (χ2v) is 7.45. The van der Waals surface area contributed by atoms with Crippen molar-refractivity contribution in [2.75, 3.05) is 0 Å². The van der Waals surface area contributed by atoms with Gasteiger partial charge in [-0.25, -0.2) is 0 Å². The minimum atomic E-state index is 0.477. The molecule has 0 spiro atoms. The summed E-state index contributed by atoms with van der Waals surface area (Å²) in [6, 6.07) is 19.2. The number of aliphatic imine (C=N–C) groups is 1. The Balaban J connectivity index is 1.70. The van der Waals surface area contributed by atoms with Crippen molar-refractivity contribution in [2.45, 2.75) is 13.5 Å². The van der Waals surface area contributed by atoms with Gasteiger partial charge in [0, 0.05) is 16.3 Å². The number of benzene rings is 3. The molecule has 0 bridgehead atoms. The highest BCUT2D eigenvalue weighted by Crippen LogP contribution is 2.28. The summed E-state index contributed by atoms with van der Waals surface area (Å²) in [4.78, 5) is 4.53. The summed E-state index contributed by atoms with van der Waals surface area (Å²) in [5, 5.41) is 1.43. The van der Waals surface area contributed by atoms with Crippen LogP contribution in [0.5, 0.6) is 5.75 Å². The molecule has 0 fully saturated rings. The first-order chi connectivity index (χ1) is 12.5. The number of halogens is 3. The zero-order chi connectivity index (χ0) is 18.5. The van der Waals surface area contributed by atoms with E-state index >= 15 is 0 Å². The van der Waals surface area contributed by atoms with Gasteiger partial charge in [0.1, 0.15) is 12.4 Å². The van der Waals surface area contributed by atoms with E-state index in [0.717, 1.165) is 32.6 Å². The summed E-state index contributed by atoms with van der Waals surface area (Å²) in [5.74, 6) is 0.774. The van der Waals surface area contributed by atoms with Crippen LogP contribution in [0.25, 0.3) is 0 Å². The summed E-state index contributed by atoms with van der Waals surface area (Å²) in [5.41, 5.74) is 3.85. The van der Waals surface area contributed by atoms with Gasteiger partial charge in [0.05, 0.1) is 10.2 Å². The fourth-order valence-electron chi connectivity index (χ4n) is 2.34. The lowest BCUT2D eigenvalue weighted by Crippen LogP contribution is -1.96. The summed E-state index contributed by atoms with van der Waals surface area (Å²) in [7, 11) is 0. The molecule has 5 heteroatoms. The molecule has 0 radical (unpaired) electrons. The molecule has 3 aromatic rings. The number of nitrogens with zero attached hydrogens (tertiary/aromatic N) is 1. The van der Waals surface area contributed by atoms with Crippen LogP contribution in [0.1, 0.15) is 16.7 Å². The van der Waals surface area contributed by atoms with Crippen LogP contribution in [-0.4, -0.2) is 6.21 Å². The van der Waals surface area contributed by atoms with Gasteiger partial charge in [-0.1, -0.05) is 41.4 Å². The highest BCUT2D eigenvalue weighted by atomic mass is 79.9. The van der Waals surface area contributed by atoms with Crippen LogP contribution in [0, 0.1) is 6.92 Å². The Hall–Kier alpha value is -1.81. The smallest absolute Gasteiger partial charge is 0.134 e. The van der Waals surface area contributed by atoms with E-state index in [2.05, 4.69) is 20.9 Å². The summed E-state index contributed by atoms with van der Waals surface area (Å²) < 4.78 is 6.74. The van der Waals surface area contributed by atoms with E-state index in [4.69, 9.17) is 27.9 Å². The molecule has 0 unspecified atom stereocenters. The Bertz CT molecular complexity index is 939. The second-order valence-electron chi connectivity index (χ2n) is 5.75. The third kappa shape index (κ3) is 4.88. The molecule has 0 amide bonds. The molecule has 0 heterocycles. The van der Waals surface area contributed by atoms with E-state index in [1.807, 2.05) is 73.8 Å². The molecule has 0 N–H and O–H groups in total. The fraction of sp³-hybridized carbons (Fsp3) is 0.0952. The molecule has 3 rings (SSSR count). The Morgan fingerprint density at radius 1 is 1.04 bits per heavy atom. The van der Waals surface area contributed by atoms with Gasteiger partial charge in [-0.05, 0) is 82.0 Å². The van der Waals surface area contributed by atoms with Crippen molar-refractivity contribution < 1.29 is 4.74 Å². The predicted octanol–water partition coefficient (Wildman–Crippen LogP) is 7.39. The van der Waals surface area contributed by atoms with Crippen molar-refractivity contribution in [1.29, 1.82) is 0 Å². The lowest BCUT2D eigenvalue weighted by Gasteiger charge is -2.09. The van der Waals surface area contributed by atoms with Crippen molar-refractivity contribution in [2.24, 2.45) is 4.99 Å². The van der Waals surface area contributed by atoms with Gasteiger partial charge < -0.3 is 4.74 Å². The molecule has 0 aromatic heterocycles. The average Bonchev–Trinajstić information content (AvgIpc) is 2.63. The highest BCUT2D eigenvalue weighted by Gasteiger charge is 2.04. The maximum absolute atomic E-state index is 6.13. The van der Waals surface area contributed by atoms with E-state index in [9.17, 15) is 0 Å². The Kier molecular flexibility index (Phi) is 6.36. The molecule has 0 saturated heterocycles. The van der Waals surface area contributed by atoms with Gasteiger partial charge in [-0.15, -0.1) is 0 Å². The molecule has 0 atom stereocenters. The van der Waals surface area contributed by atoms with Crippen molar-refractivity contribution in [3.63, 3.8) is 0 Å². The molecular formula is C21H16BrCl2NO. The number of hydrogen-bond donors (Lipinski definition) is 0. The normalized spacial score (nSPS) is 11.1. The highest BCUT2D eigenvalue weighted by molar-refractivity contribution is 9.10. The van der Waals surface area contributed by atoms with E-state index in [1.54, 1.807) is 0 Å². The molecule has 26 heavy (non-hydrogen) atoms. The monoisotopic (exact) mass is 447 g/mol. The fourth-order valence-corrected chi connectivity index (χ4v) is 3.14. The van der Waals surface area contributed by atoms with Crippen molar-refractivity contribution in [3.8, 4) is 5.75 Å². The summed E-state index contributed by atoms with van der Waals surface area (Å²) in [6.07, 6.45) is 1.81. The Morgan fingerprint density at radius 3 is 2.54 bits per heavy atom. The van der Waals surface area contributed by atoms with E-state index in [-0.39, 0.29) is 0 Å². The molecule has 3 aromatic carbocycles. The largest absolute Gasteiger partial charge is 0.488 e. The quantitative estimate of drug-likeness (QED) is 0.372. The molecule has 0 aliphatic rings. The lowest BCUT2D eigenvalue weighted by molar-refractivity contribution is 0.304. The van der Waals surface area contributed by atoms with E-state index < -0.39 is 0 Å². The summed E-state index contributed by atoms with van der Waals surface area (Å²) in [6.45, 7) is 2.43. The first-order valence-electron chi connectivity index (χ1n) is 7.99. The van der Waals surface area contributed by atoms with Crippen LogP contribution in [-0.2, 0) is 6.61 Å². The Morgan fingerprint density at radius 2 is 1.81 bits per heavy atom. The maximum Gasteiger partial charge on any atom is 0.134 e. The molecule has 0 aliphatic heterocycles. The Labute approximate surface area is 171 Å². The average molecular weight is 449 g/mol.